The van der Waals surface area contributed by atoms with Crippen LogP contribution in [0.4, 0.5) is 11.4 Å². The van der Waals surface area contributed by atoms with E-state index < -0.39 is 0 Å². The fourth-order valence-electron chi connectivity index (χ4n) is 2.01. The first-order valence-electron chi connectivity index (χ1n) is 6.43. The number of morpholine rings is 1. The Morgan fingerprint density at radius 2 is 2.05 bits per heavy atom. The van der Waals surface area contributed by atoms with E-state index in [-0.39, 0.29) is 5.71 Å². The van der Waals surface area contributed by atoms with Crippen molar-refractivity contribution in [2.45, 2.75) is 0 Å². The summed E-state index contributed by atoms with van der Waals surface area (Å²) in [6.45, 7) is 3.02. The topological polar surface area (TPSA) is 93.7 Å². The van der Waals surface area contributed by atoms with Gasteiger partial charge in [-0.3, -0.25) is 5.43 Å². The molecule has 0 aliphatic carbocycles. The van der Waals surface area contributed by atoms with Crippen molar-refractivity contribution < 1.29 is 9.47 Å². The van der Waals surface area contributed by atoms with E-state index >= 15 is 0 Å². The molecule has 21 heavy (non-hydrogen) atoms. The molecule has 0 atom stereocenters. The van der Waals surface area contributed by atoms with Gasteiger partial charge in [-0.15, -0.1) is 0 Å². The maximum absolute atomic E-state index is 8.63. The van der Waals surface area contributed by atoms with Crippen LogP contribution in [0, 0.1) is 22.7 Å². The molecule has 7 heteroatoms. The van der Waals surface area contributed by atoms with Crippen LogP contribution < -0.4 is 15.1 Å². The Kier molecular flexibility index (Phi) is 4.97. The highest BCUT2D eigenvalue weighted by atomic mass is 16.5. The standard InChI is InChI=1S/C14H15N5O2/c1-20-14-8-11(17-18-12(9-15)10-16)2-3-13(14)19-4-6-21-7-5-19/h2-3,8,17H,4-7H2,1H3. The molecule has 1 heterocycles. The molecule has 0 amide bonds. The molecule has 0 aromatic heterocycles. The van der Waals surface area contributed by atoms with Crippen LogP contribution in [0.2, 0.25) is 0 Å². The minimum absolute atomic E-state index is 0.230. The molecule has 108 valence electrons. The number of nitrogens with zero attached hydrogens (tertiary/aromatic N) is 4. The van der Waals surface area contributed by atoms with Gasteiger partial charge in [0.2, 0.25) is 5.71 Å². The number of ether oxygens (including phenoxy) is 2. The number of methoxy groups -OCH3 is 1. The Bertz CT molecular complexity index is 593. The molecule has 0 radical (unpaired) electrons. The largest absolute Gasteiger partial charge is 0.495 e. The van der Waals surface area contributed by atoms with Crippen molar-refractivity contribution in [1.29, 1.82) is 10.5 Å². The summed E-state index contributed by atoms with van der Waals surface area (Å²) in [6.07, 6.45) is 0. The minimum atomic E-state index is -0.230. The van der Waals surface area contributed by atoms with Crippen LogP contribution in [-0.4, -0.2) is 39.1 Å². The maximum atomic E-state index is 8.63. The number of hydrazone groups is 1. The van der Waals surface area contributed by atoms with Crippen LogP contribution in [0.1, 0.15) is 0 Å². The number of benzene rings is 1. The zero-order chi connectivity index (χ0) is 15.1. The van der Waals surface area contributed by atoms with E-state index in [0.717, 1.165) is 18.8 Å². The first-order valence-corrected chi connectivity index (χ1v) is 6.43. The number of anilines is 2. The first-order chi connectivity index (χ1) is 10.3. The molecule has 0 spiro atoms. The molecule has 7 nitrogen and oxygen atoms in total. The Morgan fingerprint density at radius 1 is 1.33 bits per heavy atom. The highest BCUT2D eigenvalue weighted by Gasteiger charge is 2.15. The van der Waals surface area contributed by atoms with Crippen LogP contribution >= 0.6 is 0 Å². The summed E-state index contributed by atoms with van der Waals surface area (Å²) >= 11 is 0. The predicted octanol–water partition coefficient (Wildman–Crippen LogP) is 1.35. The highest BCUT2D eigenvalue weighted by molar-refractivity contribution is 6.10. The lowest BCUT2D eigenvalue weighted by Crippen LogP contribution is -2.36. The lowest BCUT2D eigenvalue weighted by molar-refractivity contribution is 0.122. The third-order valence-corrected chi connectivity index (χ3v) is 3.04. The Morgan fingerprint density at radius 3 is 2.67 bits per heavy atom. The van der Waals surface area contributed by atoms with E-state index in [1.54, 1.807) is 25.3 Å². The lowest BCUT2D eigenvalue weighted by atomic mass is 10.2. The third-order valence-electron chi connectivity index (χ3n) is 3.04. The SMILES string of the molecule is COc1cc(NN=C(C#N)C#N)ccc1N1CCOCC1. The van der Waals surface area contributed by atoms with Crippen LogP contribution in [-0.2, 0) is 4.74 Å². The second-order valence-corrected chi connectivity index (χ2v) is 4.28. The van der Waals surface area contributed by atoms with E-state index in [1.807, 2.05) is 12.1 Å². The van der Waals surface area contributed by atoms with Crippen molar-refractivity contribution in [3.8, 4) is 17.9 Å². The van der Waals surface area contributed by atoms with Gasteiger partial charge in [0.25, 0.3) is 0 Å². The lowest BCUT2D eigenvalue weighted by Gasteiger charge is -2.30. The summed E-state index contributed by atoms with van der Waals surface area (Å²) in [5.41, 5.74) is 4.07. The van der Waals surface area contributed by atoms with Gasteiger partial charge in [0.15, 0.2) is 0 Å². The van der Waals surface area contributed by atoms with E-state index in [4.69, 9.17) is 20.0 Å². The molecule has 1 aromatic carbocycles. The Balaban J connectivity index is 2.18. The smallest absolute Gasteiger partial charge is 0.237 e. The number of hydrogen-bond acceptors (Lipinski definition) is 7. The normalized spacial score (nSPS) is 13.8. The van der Waals surface area contributed by atoms with Gasteiger partial charge in [-0.1, -0.05) is 0 Å². The van der Waals surface area contributed by atoms with Crippen molar-refractivity contribution in [2.75, 3.05) is 43.7 Å². The quantitative estimate of drug-likeness (QED) is 0.663. The van der Waals surface area contributed by atoms with Crippen LogP contribution in [0.15, 0.2) is 23.3 Å². The summed E-state index contributed by atoms with van der Waals surface area (Å²) in [6, 6.07) is 8.89. The average Bonchev–Trinajstić information content (AvgIpc) is 2.56. The van der Waals surface area contributed by atoms with Gasteiger partial charge in [-0.25, -0.2) is 0 Å². The molecular formula is C14H15N5O2. The molecule has 1 saturated heterocycles. The molecule has 1 N–H and O–H groups in total. The van der Waals surface area contributed by atoms with Gasteiger partial charge in [0, 0.05) is 19.2 Å². The number of nitrogens with one attached hydrogen (secondary N) is 1. The molecule has 1 aliphatic rings. The molecule has 1 aromatic rings. The van der Waals surface area contributed by atoms with Gasteiger partial charge >= 0.3 is 0 Å². The molecule has 1 fully saturated rings. The number of nitriles is 2. The zero-order valence-electron chi connectivity index (χ0n) is 11.7. The van der Waals surface area contributed by atoms with E-state index in [1.165, 1.54) is 0 Å². The first kappa shape index (κ1) is 14.6. The summed E-state index contributed by atoms with van der Waals surface area (Å²) in [4.78, 5) is 2.19. The van der Waals surface area contributed by atoms with Gasteiger partial charge < -0.3 is 14.4 Å². The van der Waals surface area contributed by atoms with Gasteiger partial charge in [-0.2, -0.15) is 15.6 Å². The fraction of sp³-hybridized carbons (Fsp3) is 0.357. The monoisotopic (exact) mass is 285 g/mol. The Hall–Kier alpha value is -2.77. The maximum Gasteiger partial charge on any atom is 0.237 e. The fourth-order valence-corrected chi connectivity index (χ4v) is 2.01. The zero-order valence-corrected chi connectivity index (χ0v) is 11.7. The summed E-state index contributed by atoms with van der Waals surface area (Å²) in [5.74, 6) is 0.701. The van der Waals surface area contributed by atoms with E-state index in [2.05, 4.69) is 15.4 Å². The van der Waals surface area contributed by atoms with Gasteiger partial charge in [0.1, 0.15) is 17.9 Å². The summed E-state index contributed by atoms with van der Waals surface area (Å²) in [5, 5.41) is 21.0. The minimum Gasteiger partial charge on any atom is -0.495 e. The molecule has 2 rings (SSSR count). The van der Waals surface area contributed by atoms with Crippen molar-refractivity contribution in [3.63, 3.8) is 0 Å². The van der Waals surface area contributed by atoms with Crippen molar-refractivity contribution in [1.82, 2.24) is 0 Å². The van der Waals surface area contributed by atoms with Crippen molar-refractivity contribution in [2.24, 2.45) is 5.10 Å². The highest BCUT2D eigenvalue weighted by Crippen LogP contribution is 2.31. The van der Waals surface area contributed by atoms with Crippen LogP contribution in [0.5, 0.6) is 5.75 Å². The molecular weight excluding hydrogens is 270 g/mol. The molecule has 0 unspecified atom stereocenters. The van der Waals surface area contributed by atoms with Crippen LogP contribution in [0.3, 0.4) is 0 Å². The molecule has 1 aliphatic heterocycles. The van der Waals surface area contributed by atoms with Crippen molar-refractivity contribution in [3.05, 3.63) is 18.2 Å². The molecule has 0 bridgehead atoms. The second kappa shape index (κ2) is 7.13. The second-order valence-electron chi connectivity index (χ2n) is 4.28. The van der Waals surface area contributed by atoms with Crippen LogP contribution in [0.25, 0.3) is 0 Å². The van der Waals surface area contributed by atoms with E-state index in [9.17, 15) is 0 Å². The third kappa shape index (κ3) is 3.62. The number of hydrogen-bond donors (Lipinski definition) is 1. The van der Waals surface area contributed by atoms with Gasteiger partial charge in [-0.05, 0) is 12.1 Å². The van der Waals surface area contributed by atoms with E-state index in [0.29, 0.717) is 24.7 Å². The van der Waals surface area contributed by atoms with Gasteiger partial charge in [0.05, 0.1) is 31.7 Å². The molecule has 0 saturated carbocycles. The van der Waals surface area contributed by atoms with Crippen molar-refractivity contribution >= 4 is 17.1 Å². The average molecular weight is 285 g/mol. The summed E-state index contributed by atoms with van der Waals surface area (Å²) in [7, 11) is 1.60. The number of rotatable bonds is 4. The predicted molar refractivity (Wildman–Crippen MR) is 78.3 cm³/mol. The summed E-state index contributed by atoms with van der Waals surface area (Å²) < 4.78 is 10.7. The Labute approximate surface area is 123 Å².